The van der Waals surface area contributed by atoms with Gasteiger partial charge in [-0.2, -0.15) is 0 Å². The van der Waals surface area contributed by atoms with Gasteiger partial charge in [-0.05, 0) is 18.9 Å². The van der Waals surface area contributed by atoms with Gasteiger partial charge in [0, 0.05) is 13.0 Å². The quantitative estimate of drug-likeness (QED) is 0.522. The Labute approximate surface area is 98.7 Å². The Kier molecular flexibility index (Phi) is 2.10. The van der Waals surface area contributed by atoms with Gasteiger partial charge in [-0.3, -0.25) is 9.59 Å². The molecule has 5 nitrogen and oxygen atoms in total. The summed E-state index contributed by atoms with van der Waals surface area (Å²) in [6.07, 6.45) is 3.36. The predicted octanol–water partition coefficient (Wildman–Crippen LogP) is 0.641. The van der Waals surface area contributed by atoms with E-state index in [1.165, 1.54) is 0 Å². The molecule has 1 saturated carbocycles. The second kappa shape index (κ2) is 3.32. The van der Waals surface area contributed by atoms with Crippen molar-refractivity contribution in [3.05, 3.63) is 11.8 Å². The number of allylic oxidation sites excluding steroid dienone is 1. The number of fused-ring (bicyclic) bond motifs is 1. The molecule has 1 saturated heterocycles. The van der Waals surface area contributed by atoms with Gasteiger partial charge in [0.1, 0.15) is 11.5 Å². The van der Waals surface area contributed by atoms with Gasteiger partial charge in [-0.25, -0.2) is 0 Å². The Morgan fingerprint density at radius 2 is 2.12 bits per heavy atom. The van der Waals surface area contributed by atoms with Crippen LogP contribution < -0.4 is 0 Å². The average molecular weight is 238 g/mol. The summed E-state index contributed by atoms with van der Waals surface area (Å²) >= 11 is 0. The van der Waals surface area contributed by atoms with Crippen molar-refractivity contribution in [1.29, 1.82) is 0 Å². The van der Waals surface area contributed by atoms with E-state index in [0.29, 0.717) is 0 Å². The Hall–Kier alpha value is -1.36. The maximum atomic E-state index is 11.8. The number of carbonyl (C=O) groups is 2. The van der Waals surface area contributed by atoms with Crippen molar-refractivity contribution in [3.8, 4) is 0 Å². The predicted molar refractivity (Wildman–Crippen MR) is 55.6 cm³/mol. The van der Waals surface area contributed by atoms with Crippen LogP contribution in [0.3, 0.4) is 0 Å². The van der Waals surface area contributed by atoms with Crippen LogP contribution in [0.5, 0.6) is 0 Å². The van der Waals surface area contributed by atoms with Crippen molar-refractivity contribution in [2.24, 2.45) is 17.8 Å². The molecule has 2 fully saturated rings. The van der Waals surface area contributed by atoms with E-state index >= 15 is 0 Å². The van der Waals surface area contributed by atoms with E-state index in [1.807, 2.05) is 6.08 Å². The molecule has 2 unspecified atom stereocenters. The molecule has 92 valence electrons. The Morgan fingerprint density at radius 1 is 1.35 bits per heavy atom. The second-order valence-corrected chi connectivity index (χ2v) is 4.80. The zero-order valence-corrected chi connectivity index (χ0v) is 9.76. The van der Waals surface area contributed by atoms with Crippen LogP contribution in [-0.2, 0) is 23.8 Å². The molecule has 1 heterocycles. The molecule has 2 bridgehead atoms. The SMILES string of the molecule is COC1=C[C@]2(OC)CC[C@H]1C1C(=O)OC(=O)C12. The van der Waals surface area contributed by atoms with Gasteiger partial charge >= 0.3 is 11.9 Å². The Morgan fingerprint density at radius 3 is 2.76 bits per heavy atom. The minimum absolute atomic E-state index is 0.0408. The van der Waals surface area contributed by atoms with Gasteiger partial charge in [0.15, 0.2) is 0 Å². The molecule has 1 aliphatic heterocycles. The molecule has 0 aromatic heterocycles. The molecule has 3 aliphatic carbocycles. The monoisotopic (exact) mass is 238 g/mol. The summed E-state index contributed by atoms with van der Waals surface area (Å²) in [6, 6.07) is 0. The lowest BCUT2D eigenvalue weighted by Gasteiger charge is -2.47. The van der Waals surface area contributed by atoms with Crippen LogP contribution in [0.15, 0.2) is 11.8 Å². The minimum atomic E-state index is -0.728. The molecule has 4 atom stereocenters. The van der Waals surface area contributed by atoms with Crippen molar-refractivity contribution >= 4 is 11.9 Å². The first-order valence-corrected chi connectivity index (χ1v) is 5.70. The zero-order chi connectivity index (χ0) is 12.2. The van der Waals surface area contributed by atoms with E-state index in [4.69, 9.17) is 14.2 Å². The lowest BCUT2D eigenvalue weighted by atomic mass is 9.59. The number of hydrogen-bond donors (Lipinski definition) is 0. The lowest BCUT2D eigenvalue weighted by molar-refractivity contribution is -0.156. The molecule has 0 N–H and O–H groups in total. The highest BCUT2D eigenvalue weighted by molar-refractivity contribution is 5.98. The summed E-state index contributed by atoms with van der Waals surface area (Å²) < 4.78 is 15.6. The van der Waals surface area contributed by atoms with Crippen molar-refractivity contribution < 1.29 is 23.8 Å². The zero-order valence-electron chi connectivity index (χ0n) is 9.76. The van der Waals surface area contributed by atoms with E-state index < -0.39 is 29.4 Å². The number of carbonyl (C=O) groups excluding carboxylic acids is 2. The highest BCUT2D eigenvalue weighted by Crippen LogP contribution is 2.55. The second-order valence-electron chi connectivity index (χ2n) is 4.80. The summed E-state index contributed by atoms with van der Waals surface area (Å²) in [6.45, 7) is 0. The van der Waals surface area contributed by atoms with E-state index in [1.54, 1.807) is 14.2 Å². The Balaban J connectivity index is 2.13. The third-order valence-electron chi connectivity index (χ3n) is 4.26. The van der Waals surface area contributed by atoms with Crippen molar-refractivity contribution in [2.75, 3.05) is 14.2 Å². The average Bonchev–Trinajstić information content (AvgIpc) is 2.67. The first-order chi connectivity index (χ1) is 8.13. The fourth-order valence-electron chi connectivity index (χ4n) is 3.46. The van der Waals surface area contributed by atoms with Crippen LogP contribution >= 0.6 is 0 Å². The van der Waals surface area contributed by atoms with Gasteiger partial charge in [0.05, 0.1) is 18.8 Å². The van der Waals surface area contributed by atoms with Gasteiger partial charge in [-0.15, -0.1) is 0 Å². The molecule has 4 aliphatic rings. The third-order valence-corrected chi connectivity index (χ3v) is 4.26. The van der Waals surface area contributed by atoms with Gasteiger partial charge in [0.25, 0.3) is 0 Å². The number of rotatable bonds is 2. The van der Waals surface area contributed by atoms with Crippen LogP contribution in [0.4, 0.5) is 0 Å². The summed E-state index contributed by atoms with van der Waals surface area (Å²) in [5.41, 5.74) is -0.728. The van der Waals surface area contributed by atoms with Gasteiger partial charge < -0.3 is 14.2 Å². The number of hydrogen-bond acceptors (Lipinski definition) is 5. The van der Waals surface area contributed by atoms with Crippen molar-refractivity contribution in [3.63, 3.8) is 0 Å². The molecule has 0 aromatic carbocycles. The fourth-order valence-corrected chi connectivity index (χ4v) is 3.46. The normalized spacial score (nSPS) is 43.2. The molecule has 5 heteroatoms. The van der Waals surface area contributed by atoms with Crippen LogP contribution in [0, 0.1) is 17.8 Å². The van der Waals surface area contributed by atoms with Crippen LogP contribution in [0.2, 0.25) is 0 Å². The molecule has 4 rings (SSSR count). The molecular weight excluding hydrogens is 224 g/mol. The van der Waals surface area contributed by atoms with Gasteiger partial charge in [-0.1, -0.05) is 0 Å². The van der Waals surface area contributed by atoms with Crippen LogP contribution in [0.25, 0.3) is 0 Å². The molecule has 0 aromatic rings. The minimum Gasteiger partial charge on any atom is -0.501 e. The molecular formula is C12H14O5. The molecule has 17 heavy (non-hydrogen) atoms. The summed E-state index contributed by atoms with van der Waals surface area (Å²) in [5.74, 6) is -1.13. The molecule has 0 amide bonds. The van der Waals surface area contributed by atoms with Crippen LogP contribution in [-0.4, -0.2) is 31.8 Å². The Bertz CT molecular complexity index is 427. The van der Waals surface area contributed by atoms with Crippen molar-refractivity contribution in [2.45, 2.75) is 18.4 Å². The molecule has 0 spiro atoms. The van der Waals surface area contributed by atoms with Crippen molar-refractivity contribution in [1.82, 2.24) is 0 Å². The number of ether oxygens (including phenoxy) is 3. The smallest absolute Gasteiger partial charge is 0.320 e. The number of esters is 2. The van der Waals surface area contributed by atoms with E-state index in [0.717, 1.165) is 18.6 Å². The first kappa shape index (κ1) is 10.8. The highest BCUT2D eigenvalue weighted by Gasteiger charge is 2.64. The van der Waals surface area contributed by atoms with E-state index in [2.05, 4.69) is 0 Å². The largest absolute Gasteiger partial charge is 0.501 e. The summed E-state index contributed by atoms with van der Waals surface area (Å²) in [4.78, 5) is 23.5. The summed E-state index contributed by atoms with van der Waals surface area (Å²) in [7, 11) is 3.13. The number of cyclic esters (lactones) is 2. The maximum Gasteiger partial charge on any atom is 0.320 e. The fraction of sp³-hybridized carbons (Fsp3) is 0.667. The third kappa shape index (κ3) is 1.17. The topological polar surface area (TPSA) is 61.8 Å². The highest BCUT2D eigenvalue weighted by atomic mass is 16.6. The van der Waals surface area contributed by atoms with E-state index in [9.17, 15) is 9.59 Å². The standard InChI is InChI=1S/C12H14O5/c1-15-7-5-12(16-2)4-3-6(7)8-9(12)11(14)17-10(8)13/h5-6,8-9H,3-4H2,1-2H3/t6-,8?,9?,12-/m1/s1. The first-order valence-electron chi connectivity index (χ1n) is 5.70. The summed E-state index contributed by atoms with van der Waals surface area (Å²) in [5, 5.41) is 0. The number of methoxy groups -OCH3 is 2. The van der Waals surface area contributed by atoms with Crippen LogP contribution in [0.1, 0.15) is 12.8 Å². The lowest BCUT2D eigenvalue weighted by Crippen LogP contribution is -2.54. The van der Waals surface area contributed by atoms with E-state index in [-0.39, 0.29) is 5.92 Å². The van der Waals surface area contributed by atoms with Gasteiger partial charge in [0.2, 0.25) is 0 Å². The maximum absolute atomic E-state index is 11.8. The molecule has 0 radical (unpaired) electrons.